The standard InChI is InChI=1S/C17H24FNO3/c1-3-4-5-6-7-12-22-16(20)13-19(2)17(21)14-8-10-15(18)11-9-14/h8-11H,3-7,12-13H2,1-2H3. The maximum atomic E-state index is 12.8. The van der Waals surface area contributed by atoms with Crippen LogP contribution in [-0.4, -0.2) is 37.0 Å². The van der Waals surface area contributed by atoms with Crippen molar-refractivity contribution in [3.05, 3.63) is 35.6 Å². The number of benzene rings is 1. The Balaban J connectivity index is 2.28. The van der Waals surface area contributed by atoms with Crippen LogP contribution < -0.4 is 0 Å². The van der Waals surface area contributed by atoms with E-state index in [0.29, 0.717) is 12.2 Å². The molecule has 0 saturated heterocycles. The molecular formula is C17H24FNO3. The van der Waals surface area contributed by atoms with Gasteiger partial charge >= 0.3 is 5.97 Å². The average molecular weight is 309 g/mol. The molecule has 5 heteroatoms. The van der Waals surface area contributed by atoms with Crippen molar-refractivity contribution in [3.63, 3.8) is 0 Å². The minimum atomic E-state index is -0.423. The van der Waals surface area contributed by atoms with E-state index in [4.69, 9.17) is 4.74 Å². The van der Waals surface area contributed by atoms with Gasteiger partial charge in [0.1, 0.15) is 12.4 Å². The molecule has 1 rings (SSSR count). The summed E-state index contributed by atoms with van der Waals surface area (Å²) in [6.45, 7) is 2.43. The summed E-state index contributed by atoms with van der Waals surface area (Å²) in [5.74, 6) is -1.16. The molecule has 0 atom stereocenters. The fourth-order valence-electron chi connectivity index (χ4n) is 2.02. The first-order valence-corrected chi connectivity index (χ1v) is 7.71. The summed E-state index contributed by atoms with van der Waals surface area (Å²) in [5.41, 5.74) is 0.344. The van der Waals surface area contributed by atoms with Gasteiger partial charge in [-0.3, -0.25) is 9.59 Å². The Hall–Kier alpha value is -1.91. The Bertz CT molecular complexity index is 473. The van der Waals surface area contributed by atoms with Gasteiger partial charge in [0.2, 0.25) is 0 Å². The summed E-state index contributed by atoms with van der Waals surface area (Å²) in [7, 11) is 1.52. The van der Waals surface area contributed by atoms with Gasteiger partial charge in [0.15, 0.2) is 0 Å². The van der Waals surface area contributed by atoms with Gasteiger partial charge in [-0.1, -0.05) is 32.6 Å². The van der Waals surface area contributed by atoms with E-state index >= 15 is 0 Å². The largest absolute Gasteiger partial charge is 0.464 e. The lowest BCUT2D eigenvalue weighted by Gasteiger charge is -2.16. The average Bonchev–Trinajstić information content (AvgIpc) is 2.50. The molecule has 1 aromatic carbocycles. The fourth-order valence-corrected chi connectivity index (χ4v) is 2.02. The Morgan fingerprint density at radius 1 is 1.09 bits per heavy atom. The van der Waals surface area contributed by atoms with Crippen molar-refractivity contribution in [2.24, 2.45) is 0 Å². The van der Waals surface area contributed by atoms with E-state index in [1.807, 2.05) is 0 Å². The fraction of sp³-hybridized carbons (Fsp3) is 0.529. The predicted molar refractivity (Wildman–Crippen MR) is 83.1 cm³/mol. The van der Waals surface area contributed by atoms with Crippen molar-refractivity contribution >= 4 is 11.9 Å². The van der Waals surface area contributed by atoms with Crippen molar-refractivity contribution in [2.75, 3.05) is 20.2 Å². The summed E-state index contributed by atoms with van der Waals surface area (Å²) < 4.78 is 17.9. The molecule has 0 aliphatic carbocycles. The number of hydrogen-bond donors (Lipinski definition) is 0. The van der Waals surface area contributed by atoms with Crippen molar-refractivity contribution in [2.45, 2.75) is 39.0 Å². The zero-order valence-corrected chi connectivity index (χ0v) is 13.3. The van der Waals surface area contributed by atoms with Crippen LogP contribution in [0.5, 0.6) is 0 Å². The number of halogens is 1. The first kappa shape index (κ1) is 18.1. The lowest BCUT2D eigenvalue weighted by atomic mass is 10.2. The van der Waals surface area contributed by atoms with Crippen LogP contribution in [0.1, 0.15) is 49.4 Å². The van der Waals surface area contributed by atoms with Gasteiger partial charge in [0.05, 0.1) is 6.61 Å². The second kappa shape index (κ2) is 9.92. The first-order chi connectivity index (χ1) is 10.5. The highest BCUT2D eigenvalue weighted by Gasteiger charge is 2.15. The molecule has 0 unspecified atom stereocenters. The highest BCUT2D eigenvalue weighted by molar-refractivity contribution is 5.95. The molecule has 0 aliphatic heterocycles. The molecule has 0 aliphatic rings. The topological polar surface area (TPSA) is 46.6 Å². The highest BCUT2D eigenvalue weighted by Crippen LogP contribution is 2.06. The van der Waals surface area contributed by atoms with E-state index in [9.17, 15) is 14.0 Å². The molecule has 122 valence electrons. The van der Waals surface area contributed by atoms with Crippen LogP contribution in [0.2, 0.25) is 0 Å². The van der Waals surface area contributed by atoms with Gasteiger partial charge < -0.3 is 9.64 Å². The zero-order chi connectivity index (χ0) is 16.4. The van der Waals surface area contributed by atoms with Gasteiger partial charge in [-0.05, 0) is 30.7 Å². The molecule has 0 saturated carbocycles. The monoisotopic (exact) mass is 309 g/mol. The molecule has 0 N–H and O–H groups in total. The number of carbonyl (C=O) groups is 2. The van der Waals surface area contributed by atoms with Crippen molar-refractivity contribution in [3.8, 4) is 0 Å². The molecule has 0 bridgehead atoms. The van der Waals surface area contributed by atoms with Crippen LogP contribution in [0.25, 0.3) is 0 Å². The van der Waals surface area contributed by atoms with E-state index < -0.39 is 11.8 Å². The van der Waals surface area contributed by atoms with Crippen LogP contribution in [0.15, 0.2) is 24.3 Å². The molecule has 0 heterocycles. The number of amides is 1. The van der Waals surface area contributed by atoms with Crippen molar-refractivity contribution in [1.29, 1.82) is 0 Å². The summed E-state index contributed by atoms with van der Waals surface area (Å²) in [6, 6.07) is 5.23. The van der Waals surface area contributed by atoms with E-state index in [-0.39, 0.29) is 12.5 Å². The summed E-state index contributed by atoms with van der Waals surface area (Å²) in [4.78, 5) is 25.0. The third-order valence-electron chi connectivity index (χ3n) is 3.32. The molecule has 0 spiro atoms. The molecule has 1 amide bonds. The summed E-state index contributed by atoms with van der Waals surface area (Å²) in [5, 5.41) is 0. The van der Waals surface area contributed by atoms with Gasteiger partial charge in [0, 0.05) is 12.6 Å². The van der Waals surface area contributed by atoms with Crippen molar-refractivity contribution < 1.29 is 18.7 Å². The number of nitrogens with zero attached hydrogens (tertiary/aromatic N) is 1. The molecule has 0 radical (unpaired) electrons. The lowest BCUT2D eigenvalue weighted by molar-refractivity contribution is -0.144. The van der Waals surface area contributed by atoms with Gasteiger partial charge in [-0.15, -0.1) is 0 Å². The number of esters is 1. The number of carbonyl (C=O) groups excluding carboxylic acids is 2. The Morgan fingerprint density at radius 2 is 1.73 bits per heavy atom. The number of ether oxygens (including phenoxy) is 1. The Morgan fingerprint density at radius 3 is 2.36 bits per heavy atom. The van der Waals surface area contributed by atoms with E-state index in [0.717, 1.165) is 19.3 Å². The van der Waals surface area contributed by atoms with E-state index in [2.05, 4.69) is 6.92 Å². The molecule has 0 fully saturated rings. The van der Waals surface area contributed by atoms with Gasteiger partial charge in [-0.2, -0.15) is 0 Å². The number of unbranched alkanes of at least 4 members (excludes halogenated alkanes) is 4. The molecule has 0 aromatic heterocycles. The number of hydrogen-bond acceptors (Lipinski definition) is 3. The quantitative estimate of drug-likeness (QED) is 0.519. The second-order valence-electron chi connectivity index (χ2n) is 5.30. The van der Waals surface area contributed by atoms with Crippen LogP contribution in [-0.2, 0) is 9.53 Å². The van der Waals surface area contributed by atoms with Crippen molar-refractivity contribution in [1.82, 2.24) is 4.90 Å². The third-order valence-corrected chi connectivity index (χ3v) is 3.32. The number of rotatable bonds is 9. The molecule has 4 nitrogen and oxygen atoms in total. The maximum absolute atomic E-state index is 12.8. The van der Waals surface area contributed by atoms with Gasteiger partial charge in [-0.25, -0.2) is 4.39 Å². The normalized spacial score (nSPS) is 10.3. The van der Waals surface area contributed by atoms with E-state index in [1.165, 1.54) is 49.1 Å². The smallest absolute Gasteiger partial charge is 0.325 e. The summed E-state index contributed by atoms with van der Waals surface area (Å²) in [6.07, 6.45) is 5.42. The zero-order valence-electron chi connectivity index (χ0n) is 13.3. The van der Waals surface area contributed by atoms with Gasteiger partial charge in [0.25, 0.3) is 5.91 Å². The predicted octanol–water partition coefficient (Wildman–Crippen LogP) is 3.41. The van der Waals surface area contributed by atoms with Crippen LogP contribution in [0, 0.1) is 5.82 Å². The van der Waals surface area contributed by atoms with E-state index in [1.54, 1.807) is 0 Å². The first-order valence-electron chi connectivity index (χ1n) is 7.71. The minimum Gasteiger partial charge on any atom is -0.464 e. The summed E-state index contributed by atoms with van der Waals surface area (Å²) >= 11 is 0. The van der Waals surface area contributed by atoms with Crippen LogP contribution in [0.3, 0.4) is 0 Å². The van der Waals surface area contributed by atoms with Crippen LogP contribution >= 0.6 is 0 Å². The third kappa shape index (κ3) is 6.70. The maximum Gasteiger partial charge on any atom is 0.325 e. The second-order valence-corrected chi connectivity index (χ2v) is 5.30. The highest BCUT2D eigenvalue weighted by atomic mass is 19.1. The molecular weight excluding hydrogens is 285 g/mol. The molecule has 1 aromatic rings. The Kier molecular flexibility index (Phi) is 8.18. The minimum absolute atomic E-state index is 0.106. The SMILES string of the molecule is CCCCCCCOC(=O)CN(C)C(=O)c1ccc(F)cc1. The molecule has 22 heavy (non-hydrogen) atoms. The Labute approximate surface area is 131 Å². The lowest BCUT2D eigenvalue weighted by Crippen LogP contribution is -2.33. The van der Waals surface area contributed by atoms with Crippen LogP contribution in [0.4, 0.5) is 4.39 Å². The number of likely N-dealkylation sites (N-methyl/N-ethyl adjacent to an activating group) is 1.